The summed E-state index contributed by atoms with van der Waals surface area (Å²) >= 11 is 0. The topological polar surface area (TPSA) is 46.5 Å². The molecule has 1 N–H and O–H groups in total. The summed E-state index contributed by atoms with van der Waals surface area (Å²) in [5.41, 5.74) is 0.259. The standard InChI is InChI=1S/C9H16O3/c1-3-6-12-7-4-5-8(2)9(10)11/h2-7H2,1H3,(H,10,11). The van der Waals surface area contributed by atoms with Gasteiger partial charge in [-0.05, 0) is 19.3 Å². The van der Waals surface area contributed by atoms with Crippen molar-refractivity contribution in [2.24, 2.45) is 0 Å². The first kappa shape index (κ1) is 11.2. The van der Waals surface area contributed by atoms with Crippen LogP contribution in [-0.2, 0) is 9.53 Å². The molecule has 3 heteroatoms. The molecule has 0 spiro atoms. The second kappa shape index (κ2) is 6.85. The van der Waals surface area contributed by atoms with Gasteiger partial charge in [0.25, 0.3) is 0 Å². The van der Waals surface area contributed by atoms with Crippen LogP contribution in [0.1, 0.15) is 26.2 Å². The second-order valence-electron chi connectivity index (χ2n) is 2.62. The van der Waals surface area contributed by atoms with Crippen molar-refractivity contribution in [3.8, 4) is 0 Å². The van der Waals surface area contributed by atoms with Crippen LogP contribution < -0.4 is 0 Å². The summed E-state index contributed by atoms with van der Waals surface area (Å²) in [7, 11) is 0. The van der Waals surface area contributed by atoms with Crippen molar-refractivity contribution in [2.45, 2.75) is 26.2 Å². The van der Waals surface area contributed by atoms with Crippen molar-refractivity contribution in [1.29, 1.82) is 0 Å². The molecule has 0 aromatic rings. The molecule has 0 fully saturated rings. The van der Waals surface area contributed by atoms with E-state index in [1.165, 1.54) is 0 Å². The molecule has 0 atom stereocenters. The summed E-state index contributed by atoms with van der Waals surface area (Å²) < 4.78 is 5.18. The first-order chi connectivity index (χ1) is 5.68. The fourth-order valence-electron chi connectivity index (χ4n) is 0.741. The van der Waals surface area contributed by atoms with Crippen molar-refractivity contribution in [2.75, 3.05) is 13.2 Å². The van der Waals surface area contributed by atoms with Crippen molar-refractivity contribution in [1.82, 2.24) is 0 Å². The average molecular weight is 172 g/mol. The van der Waals surface area contributed by atoms with E-state index in [2.05, 4.69) is 6.58 Å². The highest BCUT2D eigenvalue weighted by molar-refractivity contribution is 5.85. The minimum absolute atomic E-state index is 0.259. The Bertz CT molecular complexity index is 152. The van der Waals surface area contributed by atoms with Crippen molar-refractivity contribution in [3.63, 3.8) is 0 Å². The van der Waals surface area contributed by atoms with Gasteiger partial charge in [-0.15, -0.1) is 0 Å². The number of rotatable bonds is 7. The zero-order chi connectivity index (χ0) is 9.40. The molecule has 0 unspecified atom stereocenters. The summed E-state index contributed by atoms with van der Waals surface area (Å²) in [5.74, 6) is -0.912. The third kappa shape index (κ3) is 5.92. The molecule has 0 saturated carbocycles. The van der Waals surface area contributed by atoms with Crippen LogP contribution >= 0.6 is 0 Å². The van der Waals surface area contributed by atoms with E-state index in [0.717, 1.165) is 19.4 Å². The largest absolute Gasteiger partial charge is 0.478 e. The fraction of sp³-hybridized carbons (Fsp3) is 0.667. The van der Waals surface area contributed by atoms with E-state index in [0.29, 0.717) is 13.0 Å². The second-order valence-corrected chi connectivity index (χ2v) is 2.62. The molecular formula is C9H16O3. The molecule has 0 aliphatic heterocycles. The third-order valence-corrected chi connectivity index (χ3v) is 1.42. The molecule has 70 valence electrons. The normalized spacial score (nSPS) is 9.75. The Morgan fingerprint density at radius 3 is 2.67 bits per heavy atom. The maximum atomic E-state index is 10.3. The average Bonchev–Trinajstić information content (AvgIpc) is 2.03. The summed E-state index contributed by atoms with van der Waals surface area (Å²) in [4.78, 5) is 10.3. The Balaban J connectivity index is 3.20. The minimum atomic E-state index is -0.912. The highest BCUT2D eigenvalue weighted by Crippen LogP contribution is 2.02. The molecule has 0 saturated heterocycles. The van der Waals surface area contributed by atoms with Gasteiger partial charge in [0.15, 0.2) is 0 Å². The Labute approximate surface area is 73.0 Å². The van der Waals surface area contributed by atoms with Crippen LogP contribution in [0.25, 0.3) is 0 Å². The predicted octanol–water partition coefficient (Wildman–Crippen LogP) is 1.83. The molecule has 0 aromatic heterocycles. The summed E-state index contributed by atoms with van der Waals surface area (Å²) in [5, 5.41) is 8.44. The number of carboxylic acids is 1. The Morgan fingerprint density at radius 1 is 1.50 bits per heavy atom. The maximum absolute atomic E-state index is 10.3. The van der Waals surface area contributed by atoms with Crippen molar-refractivity contribution < 1.29 is 14.6 Å². The van der Waals surface area contributed by atoms with Gasteiger partial charge >= 0.3 is 5.97 Å². The van der Waals surface area contributed by atoms with Gasteiger partial charge in [0.2, 0.25) is 0 Å². The first-order valence-corrected chi connectivity index (χ1v) is 4.17. The summed E-state index contributed by atoms with van der Waals surface area (Å²) in [6, 6.07) is 0. The predicted molar refractivity (Wildman–Crippen MR) is 47.1 cm³/mol. The lowest BCUT2D eigenvalue weighted by Crippen LogP contribution is -2.01. The number of aliphatic carboxylic acids is 1. The van der Waals surface area contributed by atoms with E-state index in [1.807, 2.05) is 6.92 Å². The van der Waals surface area contributed by atoms with E-state index in [1.54, 1.807) is 0 Å². The Kier molecular flexibility index (Phi) is 6.38. The molecule has 0 radical (unpaired) electrons. The van der Waals surface area contributed by atoms with Crippen molar-refractivity contribution in [3.05, 3.63) is 12.2 Å². The van der Waals surface area contributed by atoms with E-state index < -0.39 is 5.97 Å². The zero-order valence-electron chi connectivity index (χ0n) is 7.51. The molecule has 0 bridgehead atoms. The SMILES string of the molecule is C=C(CCCOCCC)C(=O)O. The van der Waals surface area contributed by atoms with Crippen LogP contribution in [0.4, 0.5) is 0 Å². The van der Waals surface area contributed by atoms with Gasteiger partial charge in [-0.2, -0.15) is 0 Å². The van der Waals surface area contributed by atoms with Gasteiger partial charge in [0.1, 0.15) is 0 Å². The van der Waals surface area contributed by atoms with Gasteiger partial charge in [-0.3, -0.25) is 0 Å². The Hall–Kier alpha value is -0.830. The van der Waals surface area contributed by atoms with Crippen LogP contribution in [0.3, 0.4) is 0 Å². The molecule has 3 nitrogen and oxygen atoms in total. The highest BCUT2D eigenvalue weighted by Gasteiger charge is 2.02. The lowest BCUT2D eigenvalue weighted by molar-refractivity contribution is -0.132. The number of ether oxygens (including phenoxy) is 1. The van der Waals surface area contributed by atoms with Crippen LogP contribution in [0, 0.1) is 0 Å². The Morgan fingerprint density at radius 2 is 2.17 bits per heavy atom. The molecule has 0 rings (SSSR count). The molecular weight excluding hydrogens is 156 g/mol. The zero-order valence-corrected chi connectivity index (χ0v) is 7.51. The molecule has 0 aliphatic carbocycles. The van der Waals surface area contributed by atoms with E-state index in [9.17, 15) is 4.79 Å². The lowest BCUT2D eigenvalue weighted by Gasteiger charge is -2.01. The van der Waals surface area contributed by atoms with E-state index in [-0.39, 0.29) is 5.57 Å². The monoisotopic (exact) mass is 172 g/mol. The fourth-order valence-corrected chi connectivity index (χ4v) is 0.741. The number of hydrogen-bond acceptors (Lipinski definition) is 2. The van der Waals surface area contributed by atoms with Crippen LogP contribution in [0.15, 0.2) is 12.2 Å². The first-order valence-electron chi connectivity index (χ1n) is 4.17. The van der Waals surface area contributed by atoms with E-state index >= 15 is 0 Å². The number of hydrogen-bond donors (Lipinski definition) is 1. The molecule has 0 amide bonds. The van der Waals surface area contributed by atoms with Gasteiger partial charge in [-0.25, -0.2) is 4.79 Å². The van der Waals surface area contributed by atoms with Gasteiger partial charge in [0, 0.05) is 18.8 Å². The van der Waals surface area contributed by atoms with Crippen LogP contribution in [0.5, 0.6) is 0 Å². The third-order valence-electron chi connectivity index (χ3n) is 1.42. The van der Waals surface area contributed by atoms with Gasteiger partial charge < -0.3 is 9.84 Å². The number of carboxylic acid groups (broad SMARTS) is 1. The van der Waals surface area contributed by atoms with Crippen LogP contribution in [-0.4, -0.2) is 24.3 Å². The quantitative estimate of drug-likeness (QED) is 0.470. The van der Waals surface area contributed by atoms with Gasteiger partial charge in [-0.1, -0.05) is 13.5 Å². The summed E-state index contributed by atoms with van der Waals surface area (Å²) in [6.07, 6.45) is 2.25. The molecule has 0 aliphatic rings. The van der Waals surface area contributed by atoms with Gasteiger partial charge in [0.05, 0.1) is 0 Å². The minimum Gasteiger partial charge on any atom is -0.478 e. The number of carbonyl (C=O) groups is 1. The maximum Gasteiger partial charge on any atom is 0.330 e. The smallest absolute Gasteiger partial charge is 0.330 e. The molecule has 0 aromatic carbocycles. The lowest BCUT2D eigenvalue weighted by atomic mass is 10.2. The highest BCUT2D eigenvalue weighted by atomic mass is 16.5. The van der Waals surface area contributed by atoms with Crippen LogP contribution in [0.2, 0.25) is 0 Å². The molecule has 12 heavy (non-hydrogen) atoms. The van der Waals surface area contributed by atoms with E-state index in [4.69, 9.17) is 9.84 Å². The molecule has 0 heterocycles. The van der Waals surface area contributed by atoms with Crippen molar-refractivity contribution >= 4 is 5.97 Å². The summed E-state index contributed by atoms with van der Waals surface area (Å²) in [6.45, 7) is 6.83.